The van der Waals surface area contributed by atoms with E-state index in [0.29, 0.717) is 18.5 Å². The maximum Gasteiger partial charge on any atom is 0.253 e. The topological polar surface area (TPSA) is 69.0 Å². The average Bonchev–Trinajstić information content (AvgIpc) is 2.42. The van der Waals surface area contributed by atoms with Crippen LogP contribution in [0, 0.1) is 23.7 Å². The summed E-state index contributed by atoms with van der Waals surface area (Å²) in [5.74, 6) is 2.81. The Labute approximate surface area is 106 Å². The molecular formula is C13H14N4O. The molecule has 0 aliphatic rings. The van der Waals surface area contributed by atoms with Gasteiger partial charge in [0.25, 0.3) is 5.91 Å². The largest absolute Gasteiger partial charge is 0.359 e. The van der Waals surface area contributed by atoms with E-state index in [1.54, 1.807) is 12.1 Å². The number of pyridine rings is 1. The van der Waals surface area contributed by atoms with Crippen LogP contribution in [0.1, 0.15) is 16.8 Å². The van der Waals surface area contributed by atoms with Crippen LogP contribution in [0.3, 0.4) is 0 Å². The van der Waals surface area contributed by atoms with Crippen molar-refractivity contribution in [2.24, 2.45) is 0 Å². The molecule has 0 aliphatic carbocycles. The van der Waals surface area contributed by atoms with Crippen molar-refractivity contribution in [1.82, 2.24) is 10.3 Å². The van der Waals surface area contributed by atoms with Gasteiger partial charge < -0.3 is 10.2 Å². The van der Waals surface area contributed by atoms with Crippen LogP contribution < -0.4 is 10.2 Å². The van der Waals surface area contributed by atoms with Gasteiger partial charge in [-0.1, -0.05) is 5.92 Å². The highest BCUT2D eigenvalue weighted by Crippen LogP contribution is 2.09. The monoisotopic (exact) mass is 242 g/mol. The third kappa shape index (κ3) is 3.80. The number of anilines is 1. The van der Waals surface area contributed by atoms with E-state index in [4.69, 9.17) is 11.7 Å². The van der Waals surface area contributed by atoms with E-state index in [1.807, 2.05) is 11.9 Å². The molecule has 0 saturated carbocycles. The lowest BCUT2D eigenvalue weighted by atomic mass is 10.2. The van der Waals surface area contributed by atoms with Gasteiger partial charge in [-0.05, 0) is 12.1 Å². The van der Waals surface area contributed by atoms with Gasteiger partial charge in [0.05, 0.1) is 24.6 Å². The van der Waals surface area contributed by atoms with Crippen molar-refractivity contribution in [3.8, 4) is 18.4 Å². The number of carbonyl (C=O) groups excluding carboxylic acids is 1. The Hall–Kier alpha value is -2.53. The Kier molecular flexibility index (Phi) is 5.21. The molecule has 0 fully saturated rings. The zero-order valence-electron chi connectivity index (χ0n) is 10.2. The van der Waals surface area contributed by atoms with Gasteiger partial charge in [0.2, 0.25) is 0 Å². The number of rotatable bonds is 5. The summed E-state index contributed by atoms with van der Waals surface area (Å²) in [7, 11) is 1.84. The molecule has 0 atom stereocenters. The van der Waals surface area contributed by atoms with Gasteiger partial charge in [-0.2, -0.15) is 5.26 Å². The molecule has 1 N–H and O–H groups in total. The van der Waals surface area contributed by atoms with E-state index in [9.17, 15) is 4.79 Å². The van der Waals surface area contributed by atoms with Crippen molar-refractivity contribution in [2.45, 2.75) is 6.42 Å². The first-order chi connectivity index (χ1) is 8.69. The quantitative estimate of drug-likeness (QED) is 0.775. The van der Waals surface area contributed by atoms with Crippen LogP contribution >= 0.6 is 0 Å². The highest BCUT2D eigenvalue weighted by atomic mass is 16.1. The number of aromatic nitrogens is 1. The van der Waals surface area contributed by atoms with Gasteiger partial charge in [-0.3, -0.25) is 4.79 Å². The molecule has 18 heavy (non-hydrogen) atoms. The van der Waals surface area contributed by atoms with Gasteiger partial charge >= 0.3 is 0 Å². The normalized spacial score (nSPS) is 9.06. The zero-order valence-corrected chi connectivity index (χ0v) is 10.2. The molecule has 0 radical (unpaired) electrons. The lowest BCUT2D eigenvalue weighted by Gasteiger charge is -2.16. The number of nitriles is 1. The molecular weight excluding hydrogens is 228 g/mol. The first-order valence-electron chi connectivity index (χ1n) is 5.45. The van der Waals surface area contributed by atoms with Crippen molar-refractivity contribution in [3.05, 3.63) is 23.9 Å². The third-order valence-electron chi connectivity index (χ3n) is 2.31. The van der Waals surface area contributed by atoms with E-state index in [1.165, 1.54) is 6.20 Å². The number of hydrogen-bond donors (Lipinski definition) is 1. The van der Waals surface area contributed by atoms with E-state index in [2.05, 4.69) is 22.3 Å². The maximum absolute atomic E-state index is 11.6. The summed E-state index contributed by atoms with van der Waals surface area (Å²) in [5, 5.41) is 11.1. The van der Waals surface area contributed by atoms with Crippen LogP contribution in [-0.4, -0.2) is 31.0 Å². The standard InChI is InChI=1S/C13H14N4O/c1-3-8-15-13(18)11-5-6-12(16-10-11)17(2)9-4-7-14/h1,5-6,10H,4,8-9H2,2H3,(H,15,18). The molecule has 0 bridgehead atoms. The van der Waals surface area contributed by atoms with Crippen LogP contribution in [0.25, 0.3) is 0 Å². The maximum atomic E-state index is 11.6. The van der Waals surface area contributed by atoms with Gasteiger partial charge in [0.1, 0.15) is 5.82 Å². The van der Waals surface area contributed by atoms with Crippen molar-refractivity contribution < 1.29 is 4.79 Å². The Morgan fingerprint density at radius 2 is 2.39 bits per heavy atom. The number of nitrogens with one attached hydrogen (secondary N) is 1. The Bertz CT molecular complexity index is 481. The lowest BCUT2D eigenvalue weighted by Crippen LogP contribution is -2.24. The molecule has 1 heterocycles. The summed E-state index contributed by atoms with van der Waals surface area (Å²) < 4.78 is 0. The molecule has 0 spiro atoms. The molecule has 1 amide bonds. The Morgan fingerprint density at radius 1 is 1.61 bits per heavy atom. The number of amides is 1. The fourth-order valence-electron chi connectivity index (χ4n) is 1.31. The van der Waals surface area contributed by atoms with E-state index >= 15 is 0 Å². The van der Waals surface area contributed by atoms with Crippen LogP contribution in [-0.2, 0) is 0 Å². The Balaban J connectivity index is 2.65. The summed E-state index contributed by atoms with van der Waals surface area (Å²) >= 11 is 0. The predicted molar refractivity (Wildman–Crippen MR) is 68.9 cm³/mol. The molecule has 5 heteroatoms. The van der Waals surface area contributed by atoms with Crippen LogP contribution in [0.2, 0.25) is 0 Å². The average molecular weight is 242 g/mol. The van der Waals surface area contributed by atoms with Crippen molar-refractivity contribution in [1.29, 1.82) is 5.26 Å². The minimum Gasteiger partial charge on any atom is -0.359 e. The number of nitrogens with zero attached hydrogens (tertiary/aromatic N) is 3. The van der Waals surface area contributed by atoms with Gasteiger partial charge in [-0.15, -0.1) is 6.42 Å². The SMILES string of the molecule is C#CCNC(=O)c1ccc(N(C)CCC#N)nc1. The molecule has 0 saturated heterocycles. The summed E-state index contributed by atoms with van der Waals surface area (Å²) in [6, 6.07) is 5.48. The molecule has 1 aromatic heterocycles. The first-order valence-corrected chi connectivity index (χ1v) is 5.45. The molecule has 5 nitrogen and oxygen atoms in total. The second-order valence-corrected chi connectivity index (χ2v) is 3.62. The van der Waals surface area contributed by atoms with Crippen molar-refractivity contribution >= 4 is 11.7 Å². The van der Waals surface area contributed by atoms with E-state index < -0.39 is 0 Å². The summed E-state index contributed by atoms with van der Waals surface area (Å²) in [6.45, 7) is 0.800. The minimum absolute atomic E-state index is 0.197. The molecule has 0 aromatic carbocycles. The number of terminal acetylenes is 1. The second kappa shape index (κ2) is 6.93. The molecule has 92 valence electrons. The molecule has 1 aromatic rings. The van der Waals surface area contributed by atoms with Gasteiger partial charge in [0.15, 0.2) is 0 Å². The highest BCUT2D eigenvalue weighted by molar-refractivity contribution is 5.94. The Morgan fingerprint density at radius 3 is 2.94 bits per heavy atom. The summed E-state index contributed by atoms with van der Waals surface area (Å²) in [6.07, 6.45) is 6.98. The van der Waals surface area contributed by atoms with Crippen LogP contribution in [0.5, 0.6) is 0 Å². The minimum atomic E-state index is -0.244. The fraction of sp³-hybridized carbons (Fsp3) is 0.308. The number of hydrogen-bond acceptors (Lipinski definition) is 4. The van der Waals surface area contributed by atoms with Gasteiger partial charge in [-0.25, -0.2) is 4.98 Å². The predicted octanol–water partition coefficient (Wildman–Crippen LogP) is 0.794. The van der Waals surface area contributed by atoms with Crippen molar-refractivity contribution in [2.75, 3.05) is 25.0 Å². The third-order valence-corrected chi connectivity index (χ3v) is 2.31. The molecule has 1 rings (SSSR count). The summed E-state index contributed by atoms with van der Waals surface area (Å²) in [4.78, 5) is 17.6. The fourth-order valence-corrected chi connectivity index (χ4v) is 1.31. The van der Waals surface area contributed by atoms with Crippen LogP contribution in [0.15, 0.2) is 18.3 Å². The van der Waals surface area contributed by atoms with Crippen LogP contribution in [0.4, 0.5) is 5.82 Å². The highest BCUT2D eigenvalue weighted by Gasteiger charge is 2.06. The molecule has 0 unspecified atom stereocenters. The first kappa shape index (κ1) is 13.5. The zero-order chi connectivity index (χ0) is 13.4. The van der Waals surface area contributed by atoms with E-state index in [0.717, 1.165) is 5.82 Å². The summed E-state index contributed by atoms with van der Waals surface area (Å²) in [5.41, 5.74) is 0.461. The second-order valence-electron chi connectivity index (χ2n) is 3.62. The smallest absolute Gasteiger partial charge is 0.253 e. The van der Waals surface area contributed by atoms with Crippen molar-refractivity contribution in [3.63, 3.8) is 0 Å². The number of carbonyl (C=O) groups is 1. The van der Waals surface area contributed by atoms with Gasteiger partial charge in [0, 0.05) is 19.8 Å². The lowest BCUT2D eigenvalue weighted by molar-refractivity contribution is 0.0958. The molecule has 0 aliphatic heterocycles. The van der Waals surface area contributed by atoms with E-state index in [-0.39, 0.29) is 12.5 Å².